The zero-order valence-electron chi connectivity index (χ0n) is 11.7. The van der Waals surface area contributed by atoms with Crippen LogP contribution in [0.5, 0.6) is 5.75 Å². The fourth-order valence-electron chi connectivity index (χ4n) is 2.04. The van der Waals surface area contributed by atoms with Crippen molar-refractivity contribution in [1.29, 1.82) is 0 Å². The maximum absolute atomic E-state index is 12.3. The number of halogens is 2. The molecule has 6 heteroatoms. The van der Waals surface area contributed by atoms with Crippen LogP contribution in [0.1, 0.15) is 15.9 Å². The highest BCUT2D eigenvalue weighted by Gasteiger charge is 2.16. The fourth-order valence-corrected chi connectivity index (χ4v) is 4.90. The number of nitrogens with zero attached hydrogens (tertiary/aromatic N) is 1. The largest absolute Gasteiger partial charge is 0.496 e. The minimum absolute atomic E-state index is 0.0984. The Morgan fingerprint density at radius 1 is 1.33 bits per heavy atom. The van der Waals surface area contributed by atoms with Crippen LogP contribution in [0, 0.1) is 0 Å². The highest BCUT2D eigenvalue weighted by molar-refractivity contribution is 9.12. The predicted octanol–water partition coefficient (Wildman–Crippen LogP) is 4.60. The number of carbonyl (C=O) groups excluding carboxylic acids is 1. The number of methoxy groups -OCH3 is 1. The molecular weight excluding hydrogens is 418 g/mol. The lowest BCUT2D eigenvalue weighted by Gasteiger charge is -2.17. The van der Waals surface area contributed by atoms with E-state index in [4.69, 9.17) is 4.74 Å². The van der Waals surface area contributed by atoms with Crippen molar-refractivity contribution in [2.24, 2.45) is 0 Å². The van der Waals surface area contributed by atoms with Crippen LogP contribution in [0.3, 0.4) is 0 Å². The Kier molecular flexibility index (Phi) is 5.98. The maximum atomic E-state index is 12.3. The molecule has 0 N–H and O–H groups in total. The van der Waals surface area contributed by atoms with E-state index in [0.717, 1.165) is 24.4 Å². The van der Waals surface area contributed by atoms with Crippen LogP contribution in [0.25, 0.3) is 0 Å². The van der Waals surface area contributed by atoms with E-state index >= 15 is 0 Å². The van der Waals surface area contributed by atoms with Gasteiger partial charge in [0, 0.05) is 17.7 Å². The lowest BCUT2D eigenvalue weighted by atomic mass is 10.1. The van der Waals surface area contributed by atoms with E-state index < -0.39 is 0 Å². The number of ketones is 1. The van der Waals surface area contributed by atoms with Gasteiger partial charge in [-0.2, -0.15) is 0 Å². The molecule has 0 radical (unpaired) electrons. The molecule has 0 saturated heterocycles. The molecule has 0 unspecified atom stereocenters. The first-order chi connectivity index (χ1) is 10.0. The van der Waals surface area contributed by atoms with Gasteiger partial charge >= 0.3 is 0 Å². The Hall–Kier alpha value is -0.690. The van der Waals surface area contributed by atoms with E-state index in [2.05, 4.69) is 31.9 Å². The van der Waals surface area contributed by atoms with Gasteiger partial charge < -0.3 is 4.74 Å². The van der Waals surface area contributed by atoms with Crippen molar-refractivity contribution in [3.05, 3.63) is 49.0 Å². The molecule has 2 rings (SSSR count). The van der Waals surface area contributed by atoms with Gasteiger partial charge in [0.05, 0.1) is 21.2 Å². The molecule has 0 atom stereocenters. The van der Waals surface area contributed by atoms with Crippen LogP contribution in [-0.4, -0.2) is 31.4 Å². The fraction of sp³-hybridized carbons (Fsp3) is 0.267. The Morgan fingerprint density at radius 3 is 2.67 bits per heavy atom. The molecule has 3 nitrogen and oxygen atoms in total. The molecule has 1 aromatic heterocycles. The van der Waals surface area contributed by atoms with Crippen molar-refractivity contribution in [1.82, 2.24) is 4.90 Å². The monoisotopic (exact) mass is 431 g/mol. The third kappa shape index (κ3) is 4.39. The molecule has 0 amide bonds. The zero-order chi connectivity index (χ0) is 15.4. The average molecular weight is 433 g/mol. The van der Waals surface area contributed by atoms with E-state index in [1.165, 1.54) is 11.3 Å². The van der Waals surface area contributed by atoms with Crippen LogP contribution < -0.4 is 4.74 Å². The lowest BCUT2D eigenvalue weighted by molar-refractivity contribution is 0.0942. The van der Waals surface area contributed by atoms with Gasteiger partial charge in [0.2, 0.25) is 0 Å². The summed E-state index contributed by atoms with van der Waals surface area (Å²) in [5.74, 6) is 0.942. The van der Waals surface area contributed by atoms with Crippen LogP contribution in [-0.2, 0) is 6.54 Å². The van der Waals surface area contributed by atoms with Gasteiger partial charge in [0.1, 0.15) is 5.75 Å². The van der Waals surface area contributed by atoms with Crippen molar-refractivity contribution in [3.63, 3.8) is 0 Å². The molecule has 1 aromatic carbocycles. The lowest BCUT2D eigenvalue weighted by Crippen LogP contribution is -2.25. The quantitative estimate of drug-likeness (QED) is 0.625. The van der Waals surface area contributed by atoms with Crippen LogP contribution in [0.2, 0.25) is 0 Å². The van der Waals surface area contributed by atoms with Gasteiger partial charge in [-0.3, -0.25) is 9.69 Å². The minimum Gasteiger partial charge on any atom is -0.496 e. The standard InChI is InChI=1S/C15H15Br2NO2S/c1-18(8-10-5-3-4-6-13(10)20-2)9-12(19)11-7-14(16)21-15(11)17/h3-7H,8-9H2,1-2H3. The number of thiophene rings is 1. The van der Waals surface area contributed by atoms with Gasteiger partial charge in [0.25, 0.3) is 0 Å². The smallest absolute Gasteiger partial charge is 0.178 e. The molecule has 0 aliphatic carbocycles. The topological polar surface area (TPSA) is 29.5 Å². The maximum Gasteiger partial charge on any atom is 0.178 e. The first-order valence-electron chi connectivity index (χ1n) is 6.29. The highest BCUT2D eigenvalue weighted by atomic mass is 79.9. The summed E-state index contributed by atoms with van der Waals surface area (Å²) >= 11 is 8.33. The Labute approximate surface area is 145 Å². The summed E-state index contributed by atoms with van der Waals surface area (Å²) in [7, 11) is 3.59. The number of Topliss-reactive ketones (excluding diaryl/α,β-unsaturated/α-hetero) is 1. The molecule has 1 heterocycles. The number of rotatable bonds is 6. The second kappa shape index (κ2) is 7.54. The number of benzene rings is 1. The van der Waals surface area contributed by atoms with Crippen molar-refractivity contribution in [3.8, 4) is 5.75 Å². The van der Waals surface area contributed by atoms with E-state index in [0.29, 0.717) is 13.1 Å². The third-order valence-electron chi connectivity index (χ3n) is 3.00. The molecule has 0 fully saturated rings. The molecule has 0 spiro atoms. The number of para-hydroxylation sites is 1. The number of ether oxygens (including phenoxy) is 1. The normalized spacial score (nSPS) is 10.9. The first-order valence-corrected chi connectivity index (χ1v) is 8.70. The molecule has 2 aromatic rings. The molecular formula is C15H15Br2NO2S. The van der Waals surface area contributed by atoms with Crippen molar-refractivity contribution < 1.29 is 9.53 Å². The van der Waals surface area contributed by atoms with Crippen LogP contribution in [0.4, 0.5) is 0 Å². The van der Waals surface area contributed by atoms with E-state index in [1.54, 1.807) is 7.11 Å². The van der Waals surface area contributed by atoms with Crippen molar-refractivity contribution in [2.45, 2.75) is 6.54 Å². The average Bonchev–Trinajstić information content (AvgIpc) is 2.78. The van der Waals surface area contributed by atoms with Crippen molar-refractivity contribution >= 4 is 49.0 Å². The molecule has 21 heavy (non-hydrogen) atoms. The second-order valence-corrected chi connectivity index (χ2v) is 8.39. The summed E-state index contributed by atoms with van der Waals surface area (Å²) in [6.45, 7) is 1.03. The van der Waals surface area contributed by atoms with Gasteiger partial charge in [-0.1, -0.05) is 18.2 Å². The summed E-state index contributed by atoms with van der Waals surface area (Å²) in [4.78, 5) is 14.3. The number of hydrogen-bond donors (Lipinski definition) is 0. The second-order valence-electron chi connectivity index (χ2n) is 4.65. The third-order valence-corrected chi connectivity index (χ3v) is 5.34. The zero-order valence-corrected chi connectivity index (χ0v) is 15.7. The first kappa shape index (κ1) is 16.7. The predicted molar refractivity (Wildman–Crippen MR) is 93.4 cm³/mol. The molecule has 0 bridgehead atoms. The number of carbonyl (C=O) groups is 1. The Bertz CT molecular complexity index is 642. The van der Waals surface area contributed by atoms with E-state index in [-0.39, 0.29) is 5.78 Å². The summed E-state index contributed by atoms with van der Waals surface area (Å²) in [6.07, 6.45) is 0. The summed E-state index contributed by atoms with van der Waals surface area (Å²) in [5.41, 5.74) is 1.79. The minimum atomic E-state index is 0.0984. The molecule has 0 aliphatic heterocycles. The number of hydrogen-bond acceptors (Lipinski definition) is 4. The van der Waals surface area contributed by atoms with Gasteiger partial charge in [-0.25, -0.2) is 0 Å². The van der Waals surface area contributed by atoms with Gasteiger partial charge in [-0.15, -0.1) is 11.3 Å². The van der Waals surface area contributed by atoms with E-state index in [1.807, 2.05) is 42.3 Å². The molecule has 112 valence electrons. The molecule has 0 saturated carbocycles. The summed E-state index contributed by atoms with van der Waals surface area (Å²) < 4.78 is 7.15. The summed E-state index contributed by atoms with van der Waals surface area (Å²) in [6, 6.07) is 9.70. The van der Waals surface area contributed by atoms with Gasteiger partial charge in [-0.05, 0) is 51.0 Å². The SMILES string of the molecule is COc1ccccc1CN(C)CC(=O)c1cc(Br)sc1Br. The van der Waals surface area contributed by atoms with Gasteiger partial charge in [0.15, 0.2) is 5.78 Å². The van der Waals surface area contributed by atoms with Crippen LogP contribution in [0.15, 0.2) is 37.9 Å². The van der Waals surface area contributed by atoms with Crippen molar-refractivity contribution in [2.75, 3.05) is 20.7 Å². The molecule has 0 aliphatic rings. The number of likely N-dealkylation sites (N-methyl/N-ethyl adjacent to an activating group) is 1. The van der Waals surface area contributed by atoms with E-state index in [9.17, 15) is 4.79 Å². The Balaban J connectivity index is 2.03. The summed E-state index contributed by atoms with van der Waals surface area (Å²) in [5, 5.41) is 0. The highest BCUT2D eigenvalue weighted by Crippen LogP contribution is 2.32. The van der Waals surface area contributed by atoms with Crippen LogP contribution >= 0.6 is 43.2 Å². The Morgan fingerprint density at radius 2 is 2.05 bits per heavy atom.